The Bertz CT molecular complexity index is 189. The van der Waals surface area contributed by atoms with Crippen molar-refractivity contribution in [2.45, 2.75) is 36.5 Å². The van der Waals surface area contributed by atoms with Gasteiger partial charge in [0.25, 0.3) is 0 Å². The third-order valence-corrected chi connectivity index (χ3v) is 2.69. The molecule has 0 aromatic heterocycles. The van der Waals surface area contributed by atoms with Crippen LogP contribution in [0.2, 0.25) is 0 Å². The highest BCUT2D eigenvalue weighted by molar-refractivity contribution is 14.1. The Morgan fingerprint density at radius 3 is 2.53 bits per heavy atom. The first-order valence-electron chi connectivity index (χ1n) is 4.77. The van der Waals surface area contributed by atoms with Gasteiger partial charge in [-0.15, -0.1) is 0 Å². The molecule has 0 fully saturated rings. The molecule has 6 heteroatoms. The summed E-state index contributed by atoms with van der Waals surface area (Å²) in [4.78, 5) is 10.9. The quantitative estimate of drug-likeness (QED) is 0.347. The fourth-order valence-corrected chi connectivity index (χ4v) is 1.09. The minimum absolute atomic E-state index is 0.129. The van der Waals surface area contributed by atoms with Crippen molar-refractivity contribution in [3.8, 4) is 0 Å². The summed E-state index contributed by atoms with van der Waals surface area (Å²) in [6, 6.07) is 0. The Hall–Kier alpha value is -0.0800. The zero-order chi connectivity index (χ0) is 11.8. The molecule has 0 amide bonds. The normalized spacial score (nSPS) is 16.6. The lowest BCUT2D eigenvalue weighted by atomic mass is 10.3. The van der Waals surface area contributed by atoms with E-state index < -0.39 is 12.3 Å². The molecule has 3 unspecified atom stereocenters. The zero-order valence-corrected chi connectivity index (χ0v) is 11.4. The van der Waals surface area contributed by atoms with Crippen LogP contribution in [0.1, 0.15) is 20.3 Å². The van der Waals surface area contributed by atoms with Gasteiger partial charge in [0.2, 0.25) is 0 Å². The van der Waals surface area contributed by atoms with E-state index in [2.05, 4.69) is 4.74 Å². The lowest BCUT2D eigenvalue weighted by Gasteiger charge is -2.21. The molecule has 0 saturated carbocycles. The predicted molar refractivity (Wildman–Crippen MR) is 65.0 cm³/mol. The molecule has 3 atom stereocenters. The van der Waals surface area contributed by atoms with Crippen LogP contribution < -0.4 is 5.73 Å². The minimum Gasteiger partial charge on any atom is -0.438 e. The van der Waals surface area contributed by atoms with Crippen molar-refractivity contribution in [2.24, 2.45) is 5.73 Å². The number of hydrogen-bond acceptors (Lipinski definition) is 5. The molecule has 0 aliphatic rings. The molecule has 90 valence electrons. The molecular weight excluding hydrogens is 313 g/mol. The van der Waals surface area contributed by atoms with Crippen LogP contribution in [0.25, 0.3) is 0 Å². The molecule has 5 nitrogen and oxygen atoms in total. The van der Waals surface area contributed by atoms with Gasteiger partial charge in [-0.25, -0.2) is 4.79 Å². The number of nitrogens with two attached hydrogens (primary N) is 1. The summed E-state index contributed by atoms with van der Waals surface area (Å²) in [5.74, 6) is 0. The largest absolute Gasteiger partial charge is 0.508 e. The van der Waals surface area contributed by atoms with Crippen LogP contribution in [0, 0.1) is 0 Å². The first kappa shape index (κ1) is 14.9. The SMILES string of the molecule is CCC(C)OCC(OC(=O)OC)C(N)I. The third-order valence-electron chi connectivity index (χ3n) is 1.89. The van der Waals surface area contributed by atoms with E-state index >= 15 is 0 Å². The lowest BCUT2D eigenvalue weighted by Crippen LogP contribution is -2.38. The lowest BCUT2D eigenvalue weighted by molar-refractivity contribution is -0.0289. The van der Waals surface area contributed by atoms with Crippen molar-refractivity contribution in [1.82, 2.24) is 0 Å². The summed E-state index contributed by atoms with van der Waals surface area (Å²) in [7, 11) is 1.26. The number of halogens is 1. The zero-order valence-electron chi connectivity index (χ0n) is 9.23. The molecule has 0 spiro atoms. The van der Waals surface area contributed by atoms with Gasteiger partial charge in [0.15, 0.2) is 6.10 Å². The number of methoxy groups -OCH3 is 1. The number of hydrogen-bond donors (Lipinski definition) is 1. The highest BCUT2D eigenvalue weighted by Gasteiger charge is 2.21. The van der Waals surface area contributed by atoms with Crippen LogP contribution in [0.3, 0.4) is 0 Å². The van der Waals surface area contributed by atoms with E-state index in [-0.39, 0.29) is 16.8 Å². The van der Waals surface area contributed by atoms with Gasteiger partial charge in [0, 0.05) is 0 Å². The average molecular weight is 331 g/mol. The minimum atomic E-state index is -0.736. The smallest absolute Gasteiger partial charge is 0.438 e. The number of carbonyl (C=O) groups excluding carboxylic acids is 1. The van der Waals surface area contributed by atoms with E-state index in [0.29, 0.717) is 0 Å². The van der Waals surface area contributed by atoms with Crippen molar-refractivity contribution in [1.29, 1.82) is 0 Å². The van der Waals surface area contributed by atoms with Crippen LogP contribution in [-0.2, 0) is 14.2 Å². The van der Waals surface area contributed by atoms with Crippen molar-refractivity contribution in [3.63, 3.8) is 0 Å². The predicted octanol–water partition coefficient (Wildman–Crippen LogP) is 1.67. The molecule has 0 radical (unpaired) electrons. The highest BCUT2D eigenvalue weighted by Crippen LogP contribution is 2.08. The van der Waals surface area contributed by atoms with Crippen LogP contribution >= 0.6 is 22.6 Å². The van der Waals surface area contributed by atoms with Crippen molar-refractivity contribution >= 4 is 28.7 Å². The van der Waals surface area contributed by atoms with E-state index in [1.54, 1.807) is 0 Å². The molecule has 0 bridgehead atoms. The van der Waals surface area contributed by atoms with Crippen LogP contribution in [0.15, 0.2) is 0 Å². The topological polar surface area (TPSA) is 70.8 Å². The van der Waals surface area contributed by atoms with Crippen molar-refractivity contribution in [2.75, 3.05) is 13.7 Å². The summed E-state index contributed by atoms with van der Waals surface area (Å²) in [5, 5.41) is 0. The van der Waals surface area contributed by atoms with Gasteiger partial charge in [-0.3, -0.25) is 0 Å². The summed E-state index contributed by atoms with van der Waals surface area (Å²) in [6.45, 7) is 4.26. The maximum absolute atomic E-state index is 10.9. The Labute approximate surface area is 104 Å². The molecule has 0 heterocycles. The van der Waals surface area contributed by atoms with E-state index in [9.17, 15) is 4.79 Å². The second-order valence-electron chi connectivity index (χ2n) is 3.11. The van der Waals surface area contributed by atoms with E-state index in [1.165, 1.54) is 7.11 Å². The number of rotatable bonds is 6. The summed E-state index contributed by atoms with van der Waals surface area (Å²) in [6.07, 6.45) is -0.183. The van der Waals surface area contributed by atoms with Gasteiger partial charge in [0.1, 0.15) is 0 Å². The molecule has 0 aliphatic carbocycles. The Balaban J connectivity index is 3.99. The summed E-state index contributed by atoms with van der Waals surface area (Å²) >= 11 is 1.98. The van der Waals surface area contributed by atoms with Crippen LogP contribution in [0.4, 0.5) is 4.79 Å². The van der Waals surface area contributed by atoms with Gasteiger partial charge in [-0.05, 0) is 13.3 Å². The van der Waals surface area contributed by atoms with Gasteiger partial charge in [0.05, 0.1) is 23.9 Å². The fourth-order valence-electron chi connectivity index (χ4n) is 0.740. The first-order valence-corrected chi connectivity index (χ1v) is 6.01. The first-order chi connectivity index (χ1) is 7.01. The number of alkyl halides is 1. The average Bonchev–Trinajstić information content (AvgIpc) is 2.22. The molecule has 0 rings (SSSR count). The highest BCUT2D eigenvalue weighted by atomic mass is 127. The Kier molecular flexibility index (Phi) is 8.07. The molecule has 15 heavy (non-hydrogen) atoms. The molecule has 0 saturated heterocycles. The second kappa shape index (κ2) is 8.12. The second-order valence-corrected chi connectivity index (χ2v) is 4.55. The standard InChI is InChI=1S/C9H18INO4/c1-4-6(2)14-5-7(8(10)11)15-9(12)13-3/h6-8H,4-5,11H2,1-3H3. The Morgan fingerprint density at radius 2 is 2.13 bits per heavy atom. The summed E-state index contributed by atoms with van der Waals surface area (Å²) < 4.78 is 14.5. The molecule has 0 aromatic carbocycles. The van der Waals surface area contributed by atoms with E-state index in [1.807, 2.05) is 36.4 Å². The van der Waals surface area contributed by atoms with Gasteiger partial charge in [-0.1, -0.05) is 29.5 Å². The van der Waals surface area contributed by atoms with Gasteiger partial charge in [-0.2, -0.15) is 0 Å². The van der Waals surface area contributed by atoms with Crippen LogP contribution in [0.5, 0.6) is 0 Å². The summed E-state index contributed by atoms with van der Waals surface area (Å²) in [5.41, 5.74) is 5.64. The fraction of sp³-hybridized carbons (Fsp3) is 0.889. The van der Waals surface area contributed by atoms with Crippen molar-refractivity contribution in [3.05, 3.63) is 0 Å². The molecular formula is C9H18INO4. The number of carbonyl (C=O) groups is 1. The monoisotopic (exact) mass is 331 g/mol. The number of ether oxygens (including phenoxy) is 3. The maximum atomic E-state index is 10.9. The van der Waals surface area contributed by atoms with E-state index in [4.69, 9.17) is 15.2 Å². The van der Waals surface area contributed by atoms with Gasteiger partial charge < -0.3 is 19.9 Å². The third kappa shape index (κ3) is 6.91. The molecule has 2 N–H and O–H groups in total. The Morgan fingerprint density at radius 1 is 1.53 bits per heavy atom. The van der Waals surface area contributed by atoms with E-state index in [0.717, 1.165) is 6.42 Å². The maximum Gasteiger partial charge on any atom is 0.508 e. The molecule has 0 aliphatic heterocycles. The van der Waals surface area contributed by atoms with Gasteiger partial charge >= 0.3 is 6.16 Å². The van der Waals surface area contributed by atoms with Crippen LogP contribution in [-0.4, -0.2) is 36.1 Å². The van der Waals surface area contributed by atoms with Crippen molar-refractivity contribution < 1.29 is 19.0 Å². The molecule has 0 aromatic rings.